The van der Waals surface area contributed by atoms with Gasteiger partial charge in [-0.3, -0.25) is 9.59 Å². The third-order valence-electron chi connectivity index (χ3n) is 4.13. The monoisotopic (exact) mass is 292 g/mol. The fourth-order valence-electron chi connectivity index (χ4n) is 3.25. The lowest BCUT2D eigenvalue weighted by Crippen LogP contribution is -2.43. The molecule has 2 fully saturated rings. The molecule has 6 heteroatoms. The van der Waals surface area contributed by atoms with Gasteiger partial charge in [0.25, 0.3) is 11.1 Å². The molecule has 2 heterocycles. The van der Waals surface area contributed by atoms with Crippen molar-refractivity contribution in [2.24, 2.45) is 0 Å². The van der Waals surface area contributed by atoms with Crippen molar-refractivity contribution in [1.82, 2.24) is 9.80 Å². The maximum atomic E-state index is 12.5. The zero-order valence-electron chi connectivity index (χ0n) is 10.8. The molecule has 1 aromatic rings. The first-order valence-electron chi connectivity index (χ1n) is 6.63. The summed E-state index contributed by atoms with van der Waals surface area (Å²) in [4.78, 5) is 27.2. The molecule has 2 aliphatic heterocycles. The zero-order valence-corrected chi connectivity index (χ0v) is 11.7. The smallest absolute Gasteiger partial charge is 0.278 e. The van der Waals surface area contributed by atoms with Gasteiger partial charge in [-0.05, 0) is 18.6 Å². The van der Waals surface area contributed by atoms with E-state index in [9.17, 15) is 14.7 Å². The number of carbonyl (C=O) groups excluding carboxylic acids is 2. The molecule has 2 amide bonds. The molecule has 3 rings (SSSR count). The summed E-state index contributed by atoms with van der Waals surface area (Å²) >= 11 is 3.84. The molecule has 0 aromatic heterocycles. The van der Waals surface area contributed by atoms with Crippen LogP contribution >= 0.6 is 12.6 Å². The summed E-state index contributed by atoms with van der Waals surface area (Å²) in [5.41, 5.74) is 0.607. The molecule has 3 atom stereocenters. The number of hydrogen-bond donors (Lipinski definition) is 2. The first-order valence-corrected chi connectivity index (χ1v) is 7.08. The lowest BCUT2D eigenvalue weighted by Gasteiger charge is -2.25. The Bertz CT molecular complexity index is 536. The minimum absolute atomic E-state index is 0.0920. The van der Waals surface area contributed by atoms with Gasteiger partial charge in [0.15, 0.2) is 0 Å². The number of β-amino-alcohol motifs (C(OH)–C–C–N with tert-alkyl or cyclic N) is 1. The Hall–Kier alpha value is -1.53. The van der Waals surface area contributed by atoms with E-state index in [1.54, 1.807) is 21.9 Å². The van der Waals surface area contributed by atoms with Crippen molar-refractivity contribution in [2.75, 3.05) is 13.1 Å². The van der Waals surface area contributed by atoms with Gasteiger partial charge in [0.05, 0.1) is 18.2 Å². The van der Waals surface area contributed by atoms with E-state index in [0.29, 0.717) is 18.5 Å². The van der Waals surface area contributed by atoms with Gasteiger partial charge >= 0.3 is 0 Å². The molecular weight excluding hydrogens is 276 g/mol. The average Bonchev–Trinajstić information content (AvgIpc) is 3.01. The number of hydrogen-bond acceptors (Lipinski definition) is 3. The fourth-order valence-corrected chi connectivity index (χ4v) is 3.48. The first-order chi connectivity index (χ1) is 9.59. The SMILES string of the molecule is O=C(c1ccccc1)N1CC(O)C2C1CCN2C(=O)S. The highest BCUT2D eigenvalue weighted by molar-refractivity contribution is 7.96. The van der Waals surface area contributed by atoms with Crippen molar-refractivity contribution in [3.05, 3.63) is 35.9 Å². The number of nitrogens with zero attached hydrogens (tertiary/aromatic N) is 2. The van der Waals surface area contributed by atoms with Crippen LogP contribution in [0.2, 0.25) is 0 Å². The highest BCUT2D eigenvalue weighted by atomic mass is 32.1. The van der Waals surface area contributed by atoms with Crippen molar-refractivity contribution < 1.29 is 14.7 Å². The van der Waals surface area contributed by atoms with Crippen LogP contribution in [0.1, 0.15) is 16.8 Å². The van der Waals surface area contributed by atoms with E-state index >= 15 is 0 Å². The number of aliphatic hydroxyl groups is 1. The predicted octanol–water partition coefficient (Wildman–Crippen LogP) is 0.996. The number of thiol groups is 1. The molecule has 0 aliphatic carbocycles. The molecule has 2 aliphatic rings. The Morgan fingerprint density at radius 2 is 1.90 bits per heavy atom. The summed E-state index contributed by atoms with van der Waals surface area (Å²) in [7, 11) is 0. The molecule has 5 nitrogen and oxygen atoms in total. The van der Waals surface area contributed by atoms with Crippen LogP contribution in [-0.4, -0.2) is 57.3 Å². The van der Waals surface area contributed by atoms with Gasteiger partial charge in [0.2, 0.25) is 0 Å². The predicted molar refractivity (Wildman–Crippen MR) is 76.8 cm³/mol. The Kier molecular flexibility index (Phi) is 3.43. The summed E-state index contributed by atoms with van der Waals surface area (Å²) < 4.78 is 0. The van der Waals surface area contributed by atoms with Crippen LogP contribution in [0.5, 0.6) is 0 Å². The Morgan fingerprint density at radius 1 is 1.20 bits per heavy atom. The zero-order chi connectivity index (χ0) is 14.3. The second-order valence-corrected chi connectivity index (χ2v) is 5.60. The minimum atomic E-state index is -0.703. The normalized spacial score (nSPS) is 28.6. The number of benzene rings is 1. The number of fused-ring (bicyclic) bond motifs is 1. The molecule has 1 N–H and O–H groups in total. The van der Waals surface area contributed by atoms with E-state index in [-0.39, 0.29) is 29.8 Å². The molecule has 2 saturated heterocycles. The molecule has 0 bridgehead atoms. The Balaban J connectivity index is 1.84. The lowest BCUT2D eigenvalue weighted by atomic mass is 10.1. The number of carbonyl (C=O) groups is 2. The highest BCUT2D eigenvalue weighted by Crippen LogP contribution is 2.33. The number of amides is 2. The van der Waals surface area contributed by atoms with Gasteiger partial charge in [-0.1, -0.05) is 30.8 Å². The van der Waals surface area contributed by atoms with Gasteiger partial charge in [-0.2, -0.15) is 0 Å². The molecule has 3 unspecified atom stereocenters. The fraction of sp³-hybridized carbons (Fsp3) is 0.429. The molecular formula is C14H16N2O3S. The van der Waals surface area contributed by atoms with Gasteiger partial charge in [-0.15, -0.1) is 0 Å². The van der Waals surface area contributed by atoms with Gasteiger partial charge in [-0.25, -0.2) is 0 Å². The second kappa shape index (κ2) is 5.10. The topological polar surface area (TPSA) is 60.9 Å². The third kappa shape index (κ3) is 2.09. The standard InChI is InChI=1S/C14H16N2O3S/c17-11-8-16(13(18)9-4-2-1-3-5-9)10-6-7-15(12(10)11)14(19)20/h1-5,10-12,17H,6-8H2,(H,19,20). The molecule has 0 radical (unpaired) electrons. The summed E-state index contributed by atoms with van der Waals surface area (Å²) in [6, 6.07) is 8.57. The van der Waals surface area contributed by atoms with E-state index in [4.69, 9.17) is 0 Å². The summed E-state index contributed by atoms with van der Waals surface area (Å²) in [6.45, 7) is 0.800. The van der Waals surface area contributed by atoms with Crippen LogP contribution in [0.25, 0.3) is 0 Å². The summed E-state index contributed by atoms with van der Waals surface area (Å²) in [5, 5.41) is 9.82. The van der Waals surface area contributed by atoms with E-state index in [1.807, 2.05) is 18.2 Å². The summed E-state index contributed by atoms with van der Waals surface area (Å²) in [6.07, 6.45) is -0.0154. The highest BCUT2D eigenvalue weighted by Gasteiger charge is 2.50. The number of rotatable bonds is 1. The van der Waals surface area contributed by atoms with Crippen LogP contribution < -0.4 is 0 Å². The maximum absolute atomic E-state index is 12.5. The van der Waals surface area contributed by atoms with Crippen LogP contribution in [0.3, 0.4) is 0 Å². The van der Waals surface area contributed by atoms with E-state index in [1.165, 1.54) is 0 Å². The van der Waals surface area contributed by atoms with E-state index in [2.05, 4.69) is 12.6 Å². The van der Waals surface area contributed by atoms with Gasteiger partial charge < -0.3 is 14.9 Å². The van der Waals surface area contributed by atoms with Crippen molar-refractivity contribution in [1.29, 1.82) is 0 Å². The summed E-state index contributed by atoms with van der Waals surface area (Å²) in [5.74, 6) is -0.0920. The van der Waals surface area contributed by atoms with Crippen LogP contribution in [0.15, 0.2) is 30.3 Å². The quantitative estimate of drug-likeness (QED) is 0.759. The van der Waals surface area contributed by atoms with Crippen molar-refractivity contribution in [2.45, 2.75) is 24.6 Å². The second-order valence-electron chi connectivity index (χ2n) is 5.21. The largest absolute Gasteiger partial charge is 0.389 e. The Morgan fingerprint density at radius 3 is 2.55 bits per heavy atom. The Labute approximate surface area is 122 Å². The van der Waals surface area contributed by atoms with E-state index in [0.717, 1.165) is 0 Å². The third-order valence-corrected chi connectivity index (χ3v) is 4.38. The number of likely N-dealkylation sites (tertiary alicyclic amines) is 2. The van der Waals surface area contributed by atoms with Gasteiger partial charge in [0, 0.05) is 18.7 Å². The maximum Gasteiger partial charge on any atom is 0.278 e. The molecule has 20 heavy (non-hydrogen) atoms. The minimum Gasteiger partial charge on any atom is -0.389 e. The van der Waals surface area contributed by atoms with E-state index < -0.39 is 6.10 Å². The molecule has 0 saturated carbocycles. The van der Waals surface area contributed by atoms with Crippen LogP contribution in [0, 0.1) is 0 Å². The van der Waals surface area contributed by atoms with Gasteiger partial charge in [0.1, 0.15) is 0 Å². The average molecular weight is 292 g/mol. The van der Waals surface area contributed by atoms with Crippen molar-refractivity contribution >= 4 is 23.8 Å². The molecule has 0 spiro atoms. The molecule has 1 aromatic carbocycles. The lowest BCUT2D eigenvalue weighted by molar-refractivity contribution is 0.0714. The first kappa shape index (κ1) is 13.5. The molecule has 106 valence electrons. The van der Waals surface area contributed by atoms with Crippen LogP contribution in [0.4, 0.5) is 4.79 Å². The van der Waals surface area contributed by atoms with Crippen LogP contribution in [-0.2, 0) is 0 Å². The van der Waals surface area contributed by atoms with Crippen molar-refractivity contribution in [3.63, 3.8) is 0 Å². The number of aliphatic hydroxyl groups excluding tert-OH is 1. The van der Waals surface area contributed by atoms with Crippen molar-refractivity contribution in [3.8, 4) is 0 Å².